The number of aromatic nitrogens is 2. The second-order valence-corrected chi connectivity index (χ2v) is 7.10. The van der Waals surface area contributed by atoms with Gasteiger partial charge in [0.2, 0.25) is 0 Å². The van der Waals surface area contributed by atoms with Gasteiger partial charge in [0.15, 0.2) is 0 Å². The van der Waals surface area contributed by atoms with E-state index in [0.717, 1.165) is 25.1 Å². The van der Waals surface area contributed by atoms with E-state index in [9.17, 15) is 9.59 Å². The van der Waals surface area contributed by atoms with Crippen molar-refractivity contribution in [1.29, 1.82) is 0 Å². The molecule has 0 saturated carbocycles. The average Bonchev–Trinajstić information content (AvgIpc) is 3.29. The first kappa shape index (κ1) is 21.1. The zero-order valence-corrected chi connectivity index (χ0v) is 17.3. The van der Waals surface area contributed by atoms with Crippen molar-refractivity contribution in [3.8, 4) is 0 Å². The highest BCUT2D eigenvalue weighted by molar-refractivity contribution is 6.01. The lowest BCUT2D eigenvalue weighted by Crippen LogP contribution is -2.37. The third-order valence-corrected chi connectivity index (χ3v) is 4.85. The van der Waals surface area contributed by atoms with Crippen molar-refractivity contribution >= 4 is 23.3 Å². The Hall–Kier alpha value is -3.61. The monoisotopic (exact) mass is 405 g/mol. The zero-order chi connectivity index (χ0) is 21.3. The van der Waals surface area contributed by atoms with Crippen molar-refractivity contribution in [2.24, 2.45) is 0 Å². The van der Waals surface area contributed by atoms with Crippen LogP contribution in [0, 0.1) is 0 Å². The molecule has 2 amide bonds. The van der Waals surface area contributed by atoms with Crippen molar-refractivity contribution in [3.63, 3.8) is 0 Å². The van der Waals surface area contributed by atoms with Crippen molar-refractivity contribution in [3.05, 3.63) is 78.0 Å². The highest BCUT2D eigenvalue weighted by Crippen LogP contribution is 2.18. The summed E-state index contributed by atoms with van der Waals surface area (Å²) in [6.07, 6.45) is 3.79. The topological polar surface area (TPSA) is 90.1 Å². The van der Waals surface area contributed by atoms with Gasteiger partial charge >= 0.3 is 0 Å². The Morgan fingerprint density at radius 2 is 1.80 bits per heavy atom. The fourth-order valence-corrected chi connectivity index (χ4v) is 3.08. The number of amides is 2. The molecule has 0 saturated heterocycles. The van der Waals surface area contributed by atoms with Crippen LogP contribution in [0.3, 0.4) is 0 Å². The average molecular weight is 406 g/mol. The fourth-order valence-electron chi connectivity index (χ4n) is 3.08. The summed E-state index contributed by atoms with van der Waals surface area (Å²) in [6.45, 7) is 3.12. The van der Waals surface area contributed by atoms with Gasteiger partial charge in [-0.2, -0.15) is 5.10 Å². The third-order valence-electron chi connectivity index (χ3n) is 4.85. The lowest BCUT2D eigenvalue weighted by atomic mass is 10.1. The fraction of sp³-hybridized carbons (Fsp3) is 0.261. The van der Waals surface area contributed by atoms with Gasteiger partial charge in [-0.25, -0.2) is 0 Å². The lowest BCUT2D eigenvalue weighted by molar-refractivity contribution is -0.118. The number of benzene rings is 2. The molecule has 0 aliphatic rings. The van der Waals surface area contributed by atoms with E-state index in [1.54, 1.807) is 24.4 Å². The molecule has 0 aliphatic carbocycles. The third kappa shape index (κ3) is 5.47. The van der Waals surface area contributed by atoms with Crippen LogP contribution in [0.5, 0.6) is 0 Å². The minimum Gasteiger partial charge on any atom is -0.375 e. The number of anilines is 2. The van der Waals surface area contributed by atoms with E-state index in [0.29, 0.717) is 16.9 Å². The molecule has 7 nitrogen and oxygen atoms in total. The number of H-pyrrole nitrogens is 1. The number of hydrogen-bond donors (Lipinski definition) is 3. The van der Waals surface area contributed by atoms with E-state index in [4.69, 9.17) is 0 Å². The highest BCUT2D eigenvalue weighted by atomic mass is 16.2. The van der Waals surface area contributed by atoms with Gasteiger partial charge in [-0.1, -0.05) is 43.7 Å². The number of nitrogens with zero attached hydrogens (tertiary/aromatic N) is 2. The molecule has 30 heavy (non-hydrogen) atoms. The summed E-state index contributed by atoms with van der Waals surface area (Å²) in [7, 11) is 2.04. The van der Waals surface area contributed by atoms with E-state index >= 15 is 0 Å². The predicted molar refractivity (Wildman–Crippen MR) is 118 cm³/mol. The molecule has 0 spiro atoms. The Morgan fingerprint density at radius 3 is 2.43 bits per heavy atom. The molecule has 3 aromatic rings. The van der Waals surface area contributed by atoms with Crippen LogP contribution in [0.25, 0.3) is 0 Å². The molecule has 0 fully saturated rings. The summed E-state index contributed by atoms with van der Waals surface area (Å²) in [5, 5.41) is 12.1. The summed E-state index contributed by atoms with van der Waals surface area (Å²) >= 11 is 0. The van der Waals surface area contributed by atoms with Gasteiger partial charge in [0.05, 0.1) is 6.20 Å². The summed E-state index contributed by atoms with van der Waals surface area (Å²) in [4.78, 5) is 27.9. The molecule has 156 valence electrons. The van der Waals surface area contributed by atoms with Gasteiger partial charge < -0.3 is 15.5 Å². The minimum atomic E-state index is -0.839. The van der Waals surface area contributed by atoms with Gasteiger partial charge in [-0.15, -0.1) is 0 Å². The van der Waals surface area contributed by atoms with Crippen molar-refractivity contribution in [2.75, 3.05) is 23.8 Å². The van der Waals surface area contributed by atoms with Crippen LogP contribution in [0.4, 0.5) is 11.5 Å². The summed E-state index contributed by atoms with van der Waals surface area (Å²) in [5.74, 6) is -0.198. The number of hydrogen-bond acceptors (Lipinski definition) is 4. The largest absolute Gasteiger partial charge is 0.375 e. The van der Waals surface area contributed by atoms with Crippen LogP contribution in [-0.2, 0) is 4.79 Å². The van der Waals surface area contributed by atoms with Gasteiger partial charge in [-0.3, -0.25) is 14.7 Å². The van der Waals surface area contributed by atoms with E-state index < -0.39 is 6.04 Å². The Morgan fingerprint density at radius 1 is 1.07 bits per heavy atom. The van der Waals surface area contributed by atoms with Crippen LogP contribution in [-0.4, -0.2) is 35.6 Å². The van der Waals surface area contributed by atoms with Crippen molar-refractivity contribution < 1.29 is 9.59 Å². The van der Waals surface area contributed by atoms with Crippen LogP contribution in [0.15, 0.2) is 66.9 Å². The van der Waals surface area contributed by atoms with E-state index in [2.05, 4.69) is 32.7 Å². The van der Waals surface area contributed by atoms with Gasteiger partial charge in [0.25, 0.3) is 11.8 Å². The highest BCUT2D eigenvalue weighted by Gasteiger charge is 2.23. The first-order valence-electron chi connectivity index (χ1n) is 10.1. The number of unbranched alkanes of at least 4 members (excludes halogenated alkanes) is 1. The molecule has 3 rings (SSSR count). The van der Waals surface area contributed by atoms with Crippen LogP contribution >= 0.6 is 0 Å². The van der Waals surface area contributed by atoms with Crippen molar-refractivity contribution in [1.82, 2.24) is 15.5 Å². The maximum atomic E-state index is 12.9. The molecule has 1 unspecified atom stereocenters. The normalized spacial score (nSPS) is 11.5. The van der Waals surface area contributed by atoms with Crippen LogP contribution in [0.2, 0.25) is 0 Å². The molecule has 0 aliphatic heterocycles. The summed E-state index contributed by atoms with van der Waals surface area (Å²) < 4.78 is 0. The Balaban J connectivity index is 1.73. The Labute approximate surface area is 176 Å². The molecule has 3 N–H and O–H groups in total. The maximum Gasteiger partial charge on any atom is 0.252 e. The van der Waals surface area contributed by atoms with Crippen LogP contribution in [0.1, 0.15) is 41.7 Å². The first-order valence-corrected chi connectivity index (χ1v) is 10.1. The first-order chi connectivity index (χ1) is 14.6. The molecular weight excluding hydrogens is 378 g/mol. The quantitative estimate of drug-likeness (QED) is 0.506. The van der Waals surface area contributed by atoms with E-state index in [1.807, 2.05) is 49.5 Å². The molecular formula is C23H27N5O2. The van der Waals surface area contributed by atoms with Crippen LogP contribution < -0.4 is 15.5 Å². The smallest absolute Gasteiger partial charge is 0.252 e. The summed E-state index contributed by atoms with van der Waals surface area (Å²) in [5.41, 5.74) is 2.24. The zero-order valence-electron chi connectivity index (χ0n) is 17.3. The predicted octanol–water partition coefficient (Wildman–Crippen LogP) is 3.76. The second-order valence-electron chi connectivity index (χ2n) is 7.10. The van der Waals surface area contributed by atoms with Gasteiger partial charge in [-0.05, 0) is 36.2 Å². The standard InChI is InChI=1S/C23H27N5O2/c1-3-4-16-28(2)19-12-10-18(11-13-19)22(29)26-21(17-8-6-5-7-9-17)23(30)25-20-14-15-24-27-20/h5-15,21H,3-4,16H2,1-2H3,(H,26,29)(H2,24,25,27,30). The Bertz CT molecular complexity index is 939. The van der Waals surface area contributed by atoms with Crippen molar-refractivity contribution in [2.45, 2.75) is 25.8 Å². The molecule has 1 heterocycles. The molecule has 1 aromatic heterocycles. The number of aromatic amines is 1. The summed E-state index contributed by atoms with van der Waals surface area (Å²) in [6, 6.07) is 17.4. The number of carbonyl (C=O) groups is 2. The maximum absolute atomic E-state index is 12.9. The molecule has 0 bridgehead atoms. The SMILES string of the molecule is CCCCN(C)c1ccc(C(=O)NC(C(=O)Nc2ccn[nH]2)c2ccccc2)cc1. The number of nitrogens with one attached hydrogen (secondary N) is 3. The second kappa shape index (κ2) is 10.2. The Kier molecular flexibility index (Phi) is 7.21. The van der Waals surface area contributed by atoms with Gasteiger partial charge in [0, 0.05) is 30.9 Å². The van der Waals surface area contributed by atoms with Gasteiger partial charge in [0.1, 0.15) is 11.9 Å². The lowest BCUT2D eigenvalue weighted by Gasteiger charge is -2.20. The number of rotatable bonds is 9. The molecule has 0 radical (unpaired) electrons. The van der Waals surface area contributed by atoms with E-state index in [1.165, 1.54) is 0 Å². The molecule has 7 heteroatoms. The molecule has 2 aromatic carbocycles. The minimum absolute atomic E-state index is 0.314. The number of carbonyl (C=O) groups excluding carboxylic acids is 2. The molecule has 1 atom stereocenters. The van der Waals surface area contributed by atoms with E-state index in [-0.39, 0.29) is 11.8 Å².